The van der Waals surface area contributed by atoms with Gasteiger partial charge in [0.05, 0.1) is 10.7 Å². The zero-order valence-electron chi connectivity index (χ0n) is 12.8. The highest BCUT2D eigenvalue weighted by atomic mass is 32.2. The number of nitrogens with one attached hydrogen (secondary N) is 1. The van der Waals surface area contributed by atoms with Gasteiger partial charge in [-0.15, -0.1) is 22.0 Å². The molecule has 1 amide bonds. The van der Waals surface area contributed by atoms with Crippen LogP contribution in [-0.2, 0) is 5.75 Å². The van der Waals surface area contributed by atoms with Crippen LogP contribution in [0.1, 0.15) is 15.4 Å². The minimum absolute atomic E-state index is 0.0623. The number of nitro groups is 1. The normalized spacial score (nSPS) is 10.4. The molecule has 0 saturated heterocycles. The van der Waals surface area contributed by atoms with Gasteiger partial charge >= 0.3 is 0 Å². The Balaban J connectivity index is 1.58. The molecule has 1 N–H and O–H groups in total. The molecule has 25 heavy (non-hydrogen) atoms. The molecule has 0 radical (unpaired) electrons. The van der Waals surface area contributed by atoms with E-state index in [0.717, 1.165) is 9.90 Å². The molecule has 7 nitrogen and oxygen atoms in total. The molecule has 1 heterocycles. The molecule has 9 heteroatoms. The van der Waals surface area contributed by atoms with Crippen LogP contribution in [0.2, 0.25) is 0 Å². The van der Waals surface area contributed by atoms with E-state index in [2.05, 4.69) is 15.5 Å². The number of aromatic nitrogens is 2. The van der Waals surface area contributed by atoms with Gasteiger partial charge in [0.15, 0.2) is 0 Å². The van der Waals surface area contributed by atoms with Crippen LogP contribution in [0.5, 0.6) is 0 Å². The average Bonchev–Trinajstić information content (AvgIpc) is 3.08. The van der Waals surface area contributed by atoms with E-state index >= 15 is 0 Å². The Kier molecular flexibility index (Phi) is 5.36. The molecular weight excluding hydrogens is 360 g/mol. The molecule has 0 fully saturated rings. The third-order valence-corrected chi connectivity index (χ3v) is 5.18. The molecule has 3 rings (SSSR count). The first-order valence-corrected chi connectivity index (χ1v) is 8.98. The number of carbonyl (C=O) groups is 1. The van der Waals surface area contributed by atoms with Crippen molar-refractivity contribution in [2.75, 3.05) is 5.32 Å². The summed E-state index contributed by atoms with van der Waals surface area (Å²) in [6, 6.07) is 15.3. The Morgan fingerprint density at radius 3 is 2.52 bits per heavy atom. The lowest BCUT2D eigenvalue weighted by molar-refractivity contribution is -0.384. The summed E-state index contributed by atoms with van der Waals surface area (Å²) in [7, 11) is 0. The van der Waals surface area contributed by atoms with Crippen molar-refractivity contribution in [3.63, 3.8) is 0 Å². The predicted octanol–water partition coefficient (Wildman–Crippen LogP) is 3.99. The van der Waals surface area contributed by atoms with Crippen molar-refractivity contribution in [3.05, 3.63) is 75.3 Å². The van der Waals surface area contributed by atoms with Gasteiger partial charge in [-0.2, -0.15) is 0 Å². The molecule has 0 spiro atoms. The second-order valence-corrected chi connectivity index (χ2v) is 6.97. The van der Waals surface area contributed by atoms with Gasteiger partial charge in [-0.1, -0.05) is 29.5 Å². The standard InChI is InChI=1S/C16H12N4O3S2/c21-15(11-6-8-12(9-7-11)20(22)23)17-16-19-18-14(25-16)10-24-13-4-2-1-3-5-13/h1-9H,10H2,(H,17,19,21). The number of hydrogen-bond acceptors (Lipinski definition) is 7. The van der Waals surface area contributed by atoms with Crippen LogP contribution < -0.4 is 5.32 Å². The molecule has 2 aromatic carbocycles. The lowest BCUT2D eigenvalue weighted by Crippen LogP contribution is -2.11. The minimum Gasteiger partial charge on any atom is -0.296 e. The van der Waals surface area contributed by atoms with Gasteiger partial charge in [-0.05, 0) is 24.3 Å². The predicted molar refractivity (Wildman–Crippen MR) is 97.0 cm³/mol. The molecule has 3 aromatic rings. The van der Waals surface area contributed by atoms with E-state index in [-0.39, 0.29) is 11.6 Å². The van der Waals surface area contributed by atoms with Gasteiger partial charge in [0.25, 0.3) is 11.6 Å². The summed E-state index contributed by atoms with van der Waals surface area (Å²) in [5, 5.41) is 22.5. The third-order valence-electron chi connectivity index (χ3n) is 3.13. The number of nitrogens with zero attached hydrogens (tertiary/aromatic N) is 3. The van der Waals surface area contributed by atoms with Crippen LogP contribution in [-0.4, -0.2) is 21.0 Å². The third kappa shape index (κ3) is 4.61. The Morgan fingerprint density at radius 1 is 1.12 bits per heavy atom. The molecule has 0 saturated carbocycles. The van der Waals surface area contributed by atoms with E-state index in [4.69, 9.17) is 0 Å². The van der Waals surface area contributed by atoms with Crippen LogP contribution in [0.3, 0.4) is 0 Å². The molecule has 0 aliphatic rings. The number of rotatable bonds is 6. The number of anilines is 1. The number of amides is 1. The lowest BCUT2D eigenvalue weighted by atomic mass is 10.2. The summed E-state index contributed by atoms with van der Waals surface area (Å²) in [5.74, 6) is 0.281. The molecule has 0 aliphatic carbocycles. The Labute approximate surface area is 151 Å². The maximum Gasteiger partial charge on any atom is 0.269 e. The van der Waals surface area contributed by atoms with Crippen molar-refractivity contribution >= 4 is 39.8 Å². The maximum absolute atomic E-state index is 12.1. The molecule has 0 unspecified atom stereocenters. The largest absolute Gasteiger partial charge is 0.296 e. The summed E-state index contributed by atoms with van der Waals surface area (Å²) in [6.45, 7) is 0. The smallest absolute Gasteiger partial charge is 0.269 e. The van der Waals surface area contributed by atoms with Crippen LogP contribution >= 0.6 is 23.1 Å². The fourth-order valence-corrected chi connectivity index (χ4v) is 3.57. The lowest BCUT2D eigenvalue weighted by Gasteiger charge is -2.00. The second kappa shape index (κ2) is 7.86. The number of thioether (sulfide) groups is 1. The first-order chi connectivity index (χ1) is 12.1. The van der Waals surface area contributed by atoms with Gasteiger partial charge in [0.1, 0.15) is 5.01 Å². The summed E-state index contributed by atoms with van der Waals surface area (Å²) in [6.07, 6.45) is 0. The van der Waals surface area contributed by atoms with Gasteiger partial charge in [-0.3, -0.25) is 20.2 Å². The van der Waals surface area contributed by atoms with E-state index < -0.39 is 4.92 Å². The monoisotopic (exact) mass is 372 g/mol. The summed E-state index contributed by atoms with van der Waals surface area (Å²) < 4.78 is 0. The van der Waals surface area contributed by atoms with Crippen molar-refractivity contribution in [2.24, 2.45) is 0 Å². The number of hydrogen-bond donors (Lipinski definition) is 1. The molecule has 0 aliphatic heterocycles. The highest BCUT2D eigenvalue weighted by Crippen LogP contribution is 2.26. The Hall–Kier alpha value is -2.78. The van der Waals surface area contributed by atoms with Crippen LogP contribution in [0.4, 0.5) is 10.8 Å². The second-order valence-electron chi connectivity index (χ2n) is 4.86. The zero-order chi connectivity index (χ0) is 17.6. The number of non-ortho nitro benzene ring substituents is 1. The van der Waals surface area contributed by atoms with Gasteiger partial charge < -0.3 is 0 Å². The molecule has 126 valence electrons. The van der Waals surface area contributed by atoms with E-state index in [9.17, 15) is 14.9 Å². The maximum atomic E-state index is 12.1. The number of nitro benzene ring substituents is 1. The van der Waals surface area contributed by atoms with Crippen LogP contribution in [0.15, 0.2) is 59.5 Å². The van der Waals surface area contributed by atoms with Gasteiger partial charge in [0.2, 0.25) is 5.13 Å². The van der Waals surface area contributed by atoms with Crippen molar-refractivity contribution < 1.29 is 9.72 Å². The van der Waals surface area contributed by atoms with E-state index in [1.54, 1.807) is 11.8 Å². The Bertz CT molecular complexity index is 882. The first kappa shape index (κ1) is 17.1. The van der Waals surface area contributed by atoms with Gasteiger partial charge in [0, 0.05) is 22.6 Å². The van der Waals surface area contributed by atoms with E-state index in [1.807, 2.05) is 30.3 Å². The number of benzene rings is 2. The summed E-state index contributed by atoms with van der Waals surface area (Å²) in [4.78, 5) is 23.4. The molecule has 0 bridgehead atoms. The fourth-order valence-electron chi connectivity index (χ4n) is 1.93. The topological polar surface area (TPSA) is 98.0 Å². The minimum atomic E-state index is -0.511. The SMILES string of the molecule is O=C(Nc1nnc(CSc2ccccc2)s1)c1ccc([N+](=O)[O-])cc1. The molecule has 1 aromatic heterocycles. The fraction of sp³-hybridized carbons (Fsp3) is 0.0625. The molecular formula is C16H12N4O3S2. The summed E-state index contributed by atoms with van der Waals surface area (Å²) >= 11 is 2.94. The zero-order valence-corrected chi connectivity index (χ0v) is 14.4. The van der Waals surface area contributed by atoms with Crippen molar-refractivity contribution in [1.29, 1.82) is 0 Å². The quantitative estimate of drug-likeness (QED) is 0.399. The van der Waals surface area contributed by atoms with Crippen molar-refractivity contribution in [3.8, 4) is 0 Å². The first-order valence-electron chi connectivity index (χ1n) is 7.18. The van der Waals surface area contributed by atoms with E-state index in [1.165, 1.54) is 35.6 Å². The van der Waals surface area contributed by atoms with Crippen molar-refractivity contribution in [1.82, 2.24) is 10.2 Å². The Morgan fingerprint density at radius 2 is 1.84 bits per heavy atom. The van der Waals surface area contributed by atoms with Crippen LogP contribution in [0.25, 0.3) is 0 Å². The average molecular weight is 372 g/mol. The van der Waals surface area contributed by atoms with Crippen molar-refractivity contribution in [2.45, 2.75) is 10.6 Å². The summed E-state index contributed by atoms with van der Waals surface area (Å²) in [5.41, 5.74) is 0.258. The van der Waals surface area contributed by atoms with E-state index in [0.29, 0.717) is 16.4 Å². The van der Waals surface area contributed by atoms with Crippen LogP contribution in [0, 0.1) is 10.1 Å². The van der Waals surface area contributed by atoms with Gasteiger partial charge in [-0.25, -0.2) is 0 Å². The molecule has 0 atom stereocenters. The highest BCUT2D eigenvalue weighted by Gasteiger charge is 2.12. The highest BCUT2D eigenvalue weighted by molar-refractivity contribution is 7.98. The number of carbonyl (C=O) groups excluding carboxylic acids is 1.